The Balaban J connectivity index is 2.29. The van der Waals surface area contributed by atoms with Crippen molar-refractivity contribution in [1.29, 1.82) is 0 Å². The van der Waals surface area contributed by atoms with Gasteiger partial charge in [0.25, 0.3) is 5.56 Å². The Labute approximate surface area is 121 Å². The summed E-state index contributed by atoms with van der Waals surface area (Å²) in [6.07, 6.45) is 5.89. The highest BCUT2D eigenvalue weighted by molar-refractivity contribution is 5.37. The van der Waals surface area contributed by atoms with E-state index in [2.05, 4.69) is 29.0 Å². The molecule has 0 amide bonds. The summed E-state index contributed by atoms with van der Waals surface area (Å²) < 4.78 is 1.75. The molecule has 0 spiro atoms. The van der Waals surface area contributed by atoms with Gasteiger partial charge in [0, 0.05) is 37.1 Å². The summed E-state index contributed by atoms with van der Waals surface area (Å²) in [5.41, 5.74) is 0.00852. The van der Waals surface area contributed by atoms with Gasteiger partial charge in [0.05, 0.1) is 0 Å². The maximum absolute atomic E-state index is 12.6. The summed E-state index contributed by atoms with van der Waals surface area (Å²) in [6.45, 7) is 10.2. The smallest absolute Gasteiger partial charge is 0.293 e. The fourth-order valence-electron chi connectivity index (χ4n) is 2.71. The quantitative estimate of drug-likeness (QED) is 0.892. The fourth-order valence-corrected chi connectivity index (χ4v) is 2.71. The monoisotopic (exact) mass is 278 g/mol. The van der Waals surface area contributed by atoms with E-state index in [1.54, 1.807) is 17.0 Å². The Hall–Kier alpha value is -1.36. The highest BCUT2D eigenvalue weighted by Crippen LogP contribution is 2.14. The molecule has 5 nitrogen and oxygen atoms in total. The van der Waals surface area contributed by atoms with E-state index in [1.807, 2.05) is 13.8 Å². The summed E-state index contributed by atoms with van der Waals surface area (Å²) >= 11 is 0. The summed E-state index contributed by atoms with van der Waals surface area (Å²) in [4.78, 5) is 19.0. The Morgan fingerprint density at radius 2 is 2.20 bits per heavy atom. The Bertz CT molecular complexity index is 489. The fraction of sp³-hybridized carbons (Fsp3) is 0.733. The molecule has 0 aromatic carbocycles. The molecule has 1 aliphatic heterocycles. The molecule has 1 aromatic heterocycles. The van der Waals surface area contributed by atoms with E-state index < -0.39 is 0 Å². The minimum Gasteiger partial charge on any atom is -0.348 e. The van der Waals surface area contributed by atoms with E-state index >= 15 is 0 Å². The van der Waals surface area contributed by atoms with Gasteiger partial charge in [-0.1, -0.05) is 0 Å². The van der Waals surface area contributed by atoms with Crippen LogP contribution in [0.3, 0.4) is 0 Å². The molecule has 0 saturated carbocycles. The van der Waals surface area contributed by atoms with Crippen LogP contribution in [0.4, 0.5) is 5.82 Å². The van der Waals surface area contributed by atoms with Crippen molar-refractivity contribution in [3.05, 3.63) is 22.7 Å². The van der Waals surface area contributed by atoms with Crippen molar-refractivity contribution in [2.45, 2.75) is 58.7 Å². The van der Waals surface area contributed by atoms with Gasteiger partial charge in [-0.15, -0.1) is 0 Å². The minimum atomic E-state index is 0.00852. The van der Waals surface area contributed by atoms with Crippen LogP contribution in [0, 0.1) is 0 Å². The predicted octanol–water partition coefficient (Wildman–Crippen LogP) is 1.79. The number of nitrogens with one attached hydrogen (secondary N) is 1. The number of hydrogen-bond acceptors (Lipinski definition) is 4. The molecular weight excluding hydrogens is 252 g/mol. The van der Waals surface area contributed by atoms with Gasteiger partial charge in [-0.3, -0.25) is 4.79 Å². The van der Waals surface area contributed by atoms with E-state index in [0.29, 0.717) is 11.9 Å². The first-order valence-electron chi connectivity index (χ1n) is 7.58. The second-order valence-electron chi connectivity index (χ2n) is 6.10. The standard InChI is InChI=1S/C15H26N4O/c1-11(2)18-9-8-17-14(15(18)20)19(12(3)4)10-13-6-5-7-16-13/h8-9,11-13,16H,5-7,10H2,1-4H3. The molecular formula is C15H26N4O. The average molecular weight is 278 g/mol. The molecule has 5 heteroatoms. The summed E-state index contributed by atoms with van der Waals surface area (Å²) in [5, 5.41) is 3.49. The van der Waals surface area contributed by atoms with Crippen LogP contribution in [0.1, 0.15) is 46.6 Å². The first-order chi connectivity index (χ1) is 9.50. The molecule has 1 N–H and O–H groups in total. The summed E-state index contributed by atoms with van der Waals surface area (Å²) in [6, 6.07) is 0.884. The zero-order valence-electron chi connectivity index (χ0n) is 13.0. The van der Waals surface area contributed by atoms with Crippen molar-refractivity contribution in [2.24, 2.45) is 0 Å². The van der Waals surface area contributed by atoms with Crippen LogP contribution < -0.4 is 15.8 Å². The highest BCUT2D eigenvalue weighted by Gasteiger charge is 2.23. The molecule has 1 atom stereocenters. The molecule has 0 aliphatic carbocycles. The van der Waals surface area contributed by atoms with E-state index in [9.17, 15) is 4.79 Å². The van der Waals surface area contributed by atoms with E-state index in [-0.39, 0.29) is 17.6 Å². The van der Waals surface area contributed by atoms with Crippen molar-refractivity contribution < 1.29 is 0 Å². The second-order valence-corrected chi connectivity index (χ2v) is 6.10. The SMILES string of the molecule is CC(C)N(CC1CCCN1)c1nccn(C(C)C)c1=O. The molecule has 0 radical (unpaired) electrons. The third-order valence-corrected chi connectivity index (χ3v) is 3.88. The molecule has 2 rings (SSSR count). The van der Waals surface area contributed by atoms with Crippen molar-refractivity contribution >= 4 is 5.82 Å². The molecule has 20 heavy (non-hydrogen) atoms. The van der Waals surface area contributed by atoms with Gasteiger partial charge >= 0.3 is 0 Å². The number of anilines is 1. The van der Waals surface area contributed by atoms with Gasteiger partial charge in [0.15, 0.2) is 5.82 Å². The van der Waals surface area contributed by atoms with E-state index in [4.69, 9.17) is 0 Å². The van der Waals surface area contributed by atoms with Crippen LogP contribution in [-0.4, -0.2) is 34.7 Å². The maximum Gasteiger partial charge on any atom is 0.293 e. The minimum absolute atomic E-state index is 0.00852. The normalized spacial score (nSPS) is 19.0. The van der Waals surface area contributed by atoms with Gasteiger partial charge in [0.1, 0.15) is 0 Å². The van der Waals surface area contributed by atoms with Crippen LogP contribution >= 0.6 is 0 Å². The molecule has 1 unspecified atom stereocenters. The van der Waals surface area contributed by atoms with Crippen LogP contribution in [0.15, 0.2) is 17.2 Å². The topological polar surface area (TPSA) is 50.2 Å². The number of hydrogen-bond donors (Lipinski definition) is 1. The first-order valence-corrected chi connectivity index (χ1v) is 7.58. The van der Waals surface area contributed by atoms with Gasteiger partial charge in [-0.25, -0.2) is 4.98 Å². The van der Waals surface area contributed by atoms with E-state index in [1.165, 1.54) is 12.8 Å². The largest absolute Gasteiger partial charge is 0.348 e. The van der Waals surface area contributed by atoms with Gasteiger partial charge in [0.2, 0.25) is 0 Å². The summed E-state index contributed by atoms with van der Waals surface area (Å²) in [7, 11) is 0. The molecule has 112 valence electrons. The van der Waals surface area contributed by atoms with Gasteiger partial charge in [-0.05, 0) is 47.1 Å². The zero-order valence-corrected chi connectivity index (χ0v) is 13.0. The third kappa shape index (κ3) is 3.20. The van der Waals surface area contributed by atoms with Gasteiger partial charge < -0.3 is 14.8 Å². The van der Waals surface area contributed by atoms with Crippen molar-refractivity contribution in [3.63, 3.8) is 0 Å². The third-order valence-electron chi connectivity index (χ3n) is 3.88. The molecule has 0 bridgehead atoms. The van der Waals surface area contributed by atoms with E-state index in [0.717, 1.165) is 13.1 Å². The molecule has 1 saturated heterocycles. The van der Waals surface area contributed by atoms with Crippen LogP contribution in [0.2, 0.25) is 0 Å². The Morgan fingerprint density at radius 3 is 2.75 bits per heavy atom. The Kier molecular flexibility index (Phi) is 4.81. The van der Waals surface area contributed by atoms with Crippen LogP contribution in [0.5, 0.6) is 0 Å². The molecule has 2 heterocycles. The maximum atomic E-state index is 12.6. The van der Waals surface area contributed by atoms with Crippen molar-refractivity contribution in [3.8, 4) is 0 Å². The lowest BCUT2D eigenvalue weighted by Gasteiger charge is -2.30. The van der Waals surface area contributed by atoms with Crippen LogP contribution in [0.25, 0.3) is 0 Å². The van der Waals surface area contributed by atoms with Gasteiger partial charge in [-0.2, -0.15) is 0 Å². The summed E-state index contributed by atoms with van der Waals surface area (Å²) in [5.74, 6) is 0.574. The lowest BCUT2D eigenvalue weighted by atomic mass is 10.2. The zero-order chi connectivity index (χ0) is 14.7. The van der Waals surface area contributed by atoms with Crippen molar-refractivity contribution in [1.82, 2.24) is 14.9 Å². The molecule has 1 fully saturated rings. The first kappa shape index (κ1) is 15.0. The lowest BCUT2D eigenvalue weighted by molar-refractivity contribution is 0.533. The second kappa shape index (κ2) is 6.39. The number of nitrogens with zero attached hydrogens (tertiary/aromatic N) is 3. The average Bonchev–Trinajstić information content (AvgIpc) is 2.89. The molecule has 1 aromatic rings. The number of rotatable bonds is 5. The highest BCUT2D eigenvalue weighted by atomic mass is 16.1. The Morgan fingerprint density at radius 1 is 1.45 bits per heavy atom. The predicted molar refractivity (Wildman–Crippen MR) is 82.4 cm³/mol. The van der Waals surface area contributed by atoms with Crippen molar-refractivity contribution in [2.75, 3.05) is 18.0 Å². The van der Waals surface area contributed by atoms with Crippen LogP contribution in [-0.2, 0) is 0 Å². The number of aromatic nitrogens is 2. The molecule has 1 aliphatic rings. The lowest BCUT2D eigenvalue weighted by Crippen LogP contribution is -2.45.